The molecule has 1 aromatic rings. The monoisotopic (exact) mass is 177 g/mol. The summed E-state index contributed by atoms with van der Waals surface area (Å²) >= 11 is 0. The van der Waals surface area contributed by atoms with Gasteiger partial charge in [0.25, 0.3) is 0 Å². The van der Waals surface area contributed by atoms with Gasteiger partial charge in [-0.2, -0.15) is 0 Å². The molecule has 1 aliphatic carbocycles. The fraction of sp³-hybridized carbons (Fsp3) is 0.545. The van der Waals surface area contributed by atoms with Gasteiger partial charge in [0.2, 0.25) is 0 Å². The zero-order valence-corrected chi connectivity index (χ0v) is 8.42. The fourth-order valence-electron chi connectivity index (χ4n) is 1.83. The summed E-state index contributed by atoms with van der Waals surface area (Å²) in [6.07, 6.45) is 4.17. The summed E-state index contributed by atoms with van der Waals surface area (Å²) < 4.78 is 5.54. The number of hydrogen-bond acceptors (Lipinski definition) is 2. The van der Waals surface area contributed by atoms with Crippen molar-refractivity contribution in [3.63, 3.8) is 0 Å². The van der Waals surface area contributed by atoms with E-state index in [2.05, 4.69) is 18.0 Å². The second-order valence-electron chi connectivity index (χ2n) is 3.77. The molecule has 0 radical (unpaired) electrons. The standard InChI is InChI=1S/C11H15NO/c1-8-9(2)12-7-4-10(8)11(13-3)5-6-11/h4,7H,5-6H2,1-3H3. The molecule has 1 heterocycles. The largest absolute Gasteiger partial charge is 0.374 e. The second kappa shape index (κ2) is 2.81. The molecule has 0 bridgehead atoms. The number of rotatable bonds is 2. The average Bonchev–Trinajstić information content (AvgIpc) is 2.90. The van der Waals surface area contributed by atoms with Crippen molar-refractivity contribution in [3.8, 4) is 0 Å². The van der Waals surface area contributed by atoms with Crippen LogP contribution in [0.1, 0.15) is 29.7 Å². The molecular formula is C11H15NO. The van der Waals surface area contributed by atoms with E-state index in [0.29, 0.717) is 0 Å². The van der Waals surface area contributed by atoms with Gasteiger partial charge in [-0.05, 0) is 43.9 Å². The third-order valence-electron chi connectivity index (χ3n) is 3.04. The minimum atomic E-state index is 0.0256. The predicted molar refractivity (Wildman–Crippen MR) is 51.6 cm³/mol. The first kappa shape index (κ1) is 8.70. The molecule has 0 atom stereocenters. The Labute approximate surface area is 78.9 Å². The molecule has 0 aromatic carbocycles. The number of hydrogen-bond donors (Lipinski definition) is 0. The van der Waals surface area contributed by atoms with Gasteiger partial charge in [0.15, 0.2) is 0 Å². The van der Waals surface area contributed by atoms with Crippen LogP contribution in [0.25, 0.3) is 0 Å². The minimum Gasteiger partial charge on any atom is -0.374 e. The van der Waals surface area contributed by atoms with Gasteiger partial charge < -0.3 is 4.74 Å². The van der Waals surface area contributed by atoms with Crippen molar-refractivity contribution in [2.45, 2.75) is 32.3 Å². The van der Waals surface area contributed by atoms with Crippen LogP contribution in [-0.2, 0) is 10.3 Å². The van der Waals surface area contributed by atoms with Crippen molar-refractivity contribution < 1.29 is 4.74 Å². The number of pyridine rings is 1. The molecule has 0 aliphatic heterocycles. The summed E-state index contributed by atoms with van der Waals surface area (Å²) in [5.41, 5.74) is 3.74. The number of methoxy groups -OCH3 is 1. The SMILES string of the molecule is COC1(c2ccnc(C)c2C)CC1. The van der Waals surface area contributed by atoms with Crippen LogP contribution in [-0.4, -0.2) is 12.1 Å². The predicted octanol–water partition coefficient (Wildman–Crippen LogP) is 2.33. The van der Waals surface area contributed by atoms with E-state index in [-0.39, 0.29) is 5.60 Å². The molecule has 70 valence electrons. The number of ether oxygens (including phenoxy) is 1. The van der Waals surface area contributed by atoms with Crippen molar-refractivity contribution in [2.24, 2.45) is 0 Å². The van der Waals surface area contributed by atoms with Crippen molar-refractivity contribution in [1.29, 1.82) is 0 Å². The van der Waals surface area contributed by atoms with Crippen LogP contribution < -0.4 is 0 Å². The van der Waals surface area contributed by atoms with E-state index in [4.69, 9.17) is 4.74 Å². The Morgan fingerprint density at radius 3 is 2.62 bits per heavy atom. The molecule has 1 fully saturated rings. The molecule has 0 amide bonds. The number of aryl methyl sites for hydroxylation is 1. The Morgan fingerprint density at radius 2 is 2.08 bits per heavy atom. The average molecular weight is 177 g/mol. The van der Waals surface area contributed by atoms with E-state index in [0.717, 1.165) is 18.5 Å². The summed E-state index contributed by atoms with van der Waals surface area (Å²) in [6.45, 7) is 4.17. The maximum absolute atomic E-state index is 5.54. The molecule has 0 unspecified atom stereocenters. The van der Waals surface area contributed by atoms with Crippen LogP contribution in [0, 0.1) is 13.8 Å². The smallest absolute Gasteiger partial charge is 0.0933 e. The van der Waals surface area contributed by atoms with Crippen LogP contribution >= 0.6 is 0 Å². The Hall–Kier alpha value is -0.890. The maximum atomic E-state index is 5.54. The van der Waals surface area contributed by atoms with E-state index in [1.807, 2.05) is 13.1 Å². The summed E-state index contributed by atoms with van der Waals surface area (Å²) in [7, 11) is 1.79. The minimum absolute atomic E-state index is 0.0256. The van der Waals surface area contributed by atoms with Gasteiger partial charge in [-0.3, -0.25) is 4.98 Å². The molecular weight excluding hydrogens is 162 g/mol. The molecule has 0 N–H and O–H groups in total. The lowest BCUT2D eigenvalue weighted by atomic mass is 10.0. The fourth-order valence-corrected chi connectivity index (χ4v) is 1.83. The topological polar surface area (TPSA) is 22.1 Å². The highest BCUT2D eigenvalue weighted by molar-refractivity contribution is 5.36. The van der Waals surface area contributed by atoms with Crippen LogP contribution in [0.3, 0.4) is 0 Å². The maximum Gasteiger partial charge on any atom is 0.0933 e. The van der Waals surface area contributed by atoms with Crippen molar-refractivity contribution in [1.82, 2.24) is 4.98 Å². The van der Waals surface area contributed by atoms with Gasteiger partial charge in [-0.15, -0.1) is 0 Å². The quantitative estimate of drug-likeness (QED) is 0.691. The summed E-state index contributed by atoms with van der Waals surface area (Å²) in [6, 6.07) is 2.08. The van der Waals surface area contributed by atoms with Crippen LogP contribution in [0.4, 0.5) is 0 Å². The molecule has 2 rings (SSSR count). The highest BCUT2D eigenvalue weighted by Crippen LogP contribution is 2.49. The zero-order valence-electron chi connectivity index (χ0n) is 8.42. The van der Waals surface area contributed by atoms with Gasteiger partial charge in [0.05, 0.1) is 5.60 Å². The molecule has 2 heteroatoms. The first-order chi connectivity index (χ1) is 6.19. The van der Waals surface area contributed by atoms with E-state index in [1.165, 1.54) is 11.1 Å². The third kappa shape index (κ3) is 1.25. The highest BCUT2D eigenvalue weighted by atomic mass is 16.5. The van der Waals surface area contributed by atoms with Crippen molar-refractivity contribution in [3.05, 3.63) is 29.1 Å². The molecule has 2 nitrogen and oxygen atoms in total. The highest BCUT2D eigenvalue weighted by Gasteiger charge is 2.45. The molecule has 1 aromatic heterocycles. The molecule has 13 heavy (non-hydrogen) atoms. The van der Waals surface area contributed by atoms with Crippen LogP contribution in [0.2, 0.25) is 0 Å². The lowest BCUT2D eigenvalue weighted by Gasteiger charge is -2.17. The lowest BCUT2D eigenvalue weighted by molar-refractivity contribution is 0.0782. The normalized spacial score (nSPS) is 18.7. The Kier molecular flexibility index (Phi) is 1.88. The Morgan fingerprint density at radius 1 is 1.38 bits per heavy atom. The van der Waals surface area contributed by atoms with Gasteiger partial charge in [-0.25, -0.2) is 0 Å². The Balaban J connectivity index is 2.46. The molecule has 0 saturated heterocycles. The number of aromatic nitrogens is 1. The first-order valence-corrected chi connectivity index (χ1v) is 4.67. The Bertz CT molecular complexity index is 329. The molecule has 1 saturated carbocycles. The first-order valence-electron chi connectivity index (χ1n) is 4.67. The summed E-state index contributed by atoms with van der Waals surface area (Å²) in [5, 5.41) is 0. The number of nitrogens with zero attached hydrogens (tertiary/aromatic N) is 1. The van der Waals surface area contributed by atoms with Gasteiger partial charge in [0, 0.05) is 19.0 Å². The second-order valence-corrected chi connectivity index (χ2v) is 3.77. The summed E-state index contributed by atoms with van der Waals surface area (Å²) in [4.78, 5) is 4.26. The van der Waals surface area contributed by atoms with E-state index in [1.54, 1.807) is 7.11 Å². The van der Waals surface area contributed by atoms with Crippen LogP contribution in [0.5, 0.6) is 0 Å². The van der Waals surface area contributed by atoms with E-state index >= 15 is 0 Å². The van der Waals surface area contributed by atoms with Crippen molar-refractivity contribution in [2.75, 3.05) is 7.11 Å². The molecule has 0 spiro atoms. The molecule has 1 aliphatic rings. The van der Waals surface area contributed by atoms with Gasteiger partial charge in [-0.1, -0.05) is 0 Å². The summed E-state index contributed by atoms with van der Waals surface area (Å²) in [5.74, 6) is 0. The third-order valence-corrected chi connectivity index (χ3v) is 3.04. The van der Waals surface area contributed by atoms with E-state index in [9.17, 15) is 0 Å². The van der Waals surface area contributed by atoms with Gasteiger partial charge in [0.1, 0.15) is 0 Å². The zero-order chi connectivity index (χ0) is 9.47. The van der Waals surface area contributed by atoms with E-state index < -0.39 is 0 Å². The van der Waals surface area contributed by atoms with Crippen molar-refractivity contribution >= 4 is 0 Å². The lowest BCUT2D eigenvalue weighted by Crippen LogP contribution is -2.11. The van der Waals surface area contributed by atoms with Gasteiger partial charge >= 0.3 is 0 Å². The van der Waals surface area contributed by atoms with Crippen LogP contribution in [0.15, 0.2) is 12.3 Å².